The van der Waals surface area contributed by atoms with Crippen molar-refractivity contribution < 1.29 is 8.42 Å². The monoisotopic (exact) mass is 300 g/mol. The molecule has 0 radical (unpaired) electrons. The van der Waals surface area contributed by atoms with Crippen LogP contribution in [0, 0.1) is 4.77 Å². The second kappa shape index (κ2) is 4.17. The molecule has 0 amide bonds. The average Bonchev–Trinajstić information content (AvgIpc) is 2.93. The van der Waals surface area contributed by atoms with E-state index in [1.807, 2.05) is 18.5 Å². The Morgan fingerprint density at radius 2 is 2.26 bits per heavy atom. The van der Waals surface area contributed by atoms with Gasteiger partial charge >= 0.3 is 0 Å². The summed E-state index contributed by atoms with van der Waals surface area (Å²) in [4.78, 5) is 3.17. The Kier molecular flexibility index (Phi) is 2.82. The van der Waals surface area contributed by atoms with E-state index in [9.17, 15) is 8.42 Å². The zero-order valence-electron chi connectivity index (χ0n) is 10.9. The van der Waals surface area contributed by atoms with Crippen LogP contribution < -0.4 is 0 Å². The first-order valence-corrected chi connectivity index (χ1v) is 8.52. The standard InChI is InChI=1S/C11H16N4O2S2/c1-3-8-9-10(14(2)13-8)15(11(18)12-9)7-4-5-19(16,17)6-7/h7H,3-6H2,1-2H3,(H,12,18). The van der Waals surface area contributed by atoms with Crippen molar-refractivity contribution in [3.8, 4) is 0 Å². The van der Waals surface area contributed by atoms with Crippen molar-refractivity contribution in [3.05, 3.63) is 10.5 Å². The lowest BCUT2D eigenvalue weighted by molar-refractivity contribution is 0.548. The van der Waals surface area contributed by atoms with Crippen LogP contribution in [0.1, 0.15) is 25.1 Å². The van der Waals surface area contributed by atoms with Crippen LogP contribution in [0.4, 0.5) is 0 Å². The molecule has 0 bridgehead atoms. The Balaban J connectivity index is 2.22. The van der Waals surface area contributed by atoms with Crippen LogP contribution >= 0.6 is 12.2 Å². The summed E-state index contributed by atoms with van der Waals surface area (Å²) in [6.07, 6.45) is 1.44. The molecule has 1 unspecified atom stereocenters. The Hall–Kier alpha value is -1.15. The second-order valence-electron chi connectivity index (χ2n) is 4.98. The molecule has 0 aromatic carbocycles. The number of hydrogen-bond donors (Lipinski definition) is 1. The van der Waals surface area contributed by atoms with Crippen molar-refractivity contribution in [3.63, 3.8) is 0 Å². The fraction of sp³-hybridized carbons (Fsp3) is 0.636. The molecule has 1 N–H and O–H groups in total. The van der Waals surface area contributed by atoms with E-state index in [1.54, 1.807) is 4.68 Å². The van der Waals surface area contributed by atoms with Gasteiger partial charge in [-0.05, 0) is 25.1 Å². The molecule has 19 heavy (non-hydrogen) atoms. The van der Waals surface area contributed by atoms with Gasteiger partial charge in [0.25, 0.3) is 0 Å². The van der Waals surface area contributed by atoms with Gasteiger partial charge in [-0.15, -0.1) is 0 Å². The first-order valence-electron chi connectivity index (χ1n) is 6.29. The normalized spacial score (nSPS) is 22.3. The molecule has 1 saturated heterocycles. The van der Waals surface area contributed by atoms with E-state index in [-0.39, 0.29) is 17.5 Å². The van der Waals surface area contributed by atoms with E-state index >= 15 is 0 Å². The fourth-order valence-electron chi connectivity index (χ4n) is 2.80. The van der Waals surface area contributed by atoms with E-state index in [1.165, 1.54) is 0 Å². The lowest BCUT2D eigenvalue weighted by Gasteiger charge is -2.11. The number of hydrogen-bond acceptors (Lipinski definition) is 4. The lowest BCUT2D eigenvalue weighted by Crippen LogP contribution is -2.13. The van der Waals surface area contributed by atoms with Gasteiger partial charge in [0.15, 0.2) is 20.3 Å². The summed E-state index contributed by atoms with van der Waals surface area (Å²) in [7, 11) is -1.06. The van der Waals surface area contributed by atoms with E-state index in [4.69, 9.17) is 12.2 Å². The highest BCUT2D eigenvalue weighted by Crippen LogP contribution is 2.29. The third kappa shape index (κ3) is 1.93. The molecule has 8 heteroatoms. The van der Waals surface area contributed by atoms with Gasteiger partial charge in [0.2, 0.25) is 0 Å². The zero-order chi connectivity index (χ0) is 13.8. The van der Waals surface area contributed by atoms with E-state index in [0.717, 1.165) is 23.3 Å². The Morgan fingerprint density at radius 1 is 1.53 bits per heavy atom. The van der Waals surface area contributed by atoms with Crippen LogP contribution in [0.25, 0.3) is 11.2 Å². The van der Waals surface area contributed by atoms with Gasteiger partial charge in [-0.25, -0.2) is 8.42 Å². The highest BCUT2D eigenvalue weighted by atomic mass is 32.2. The van der Waals surface area contributed by atoms with Crippen LogP contribution in [-0.2, 0) is 23.3 Å². The molecule has 2 aromatic heterocycles. The topological polar surface area (TPSA) is 72.7 Å². The maximum Gasteiger partial charge on any atom is 0.179 e. The summed E-state index contributed by atoms with van der Waals surface area (Å²) in [6, 6.07) is -0.0774. The van der Waals surface area contributed by atoms with Gasteiger partial charge in [-0.1, -0.05) is 6.92 Å². The number of sulfone groups is 1. The third-order valence-corrected chi connectivity index (χ3v) is 5.73. The predicted octanol–water partition coefficient (Wildman–Crippen LogP) is 1.35. The van der Waals surface area contributed by atoms with Gasteiger partial charge in [0, 0.05) is 7.05 Å². The molecule has 1 atom stereocenters. The van der Waals surface area contributed by atoms with Gasteiger partial charge < -0.3 is 4.98 Å². The maximum atomic E-state index is 11.6. The Bertz CT molecular complexity index is 797. The summed E-state index contributed by atoms with van der Waals surface area (Å²) >= 11 is 5.36. The SMILES string of the molecule is CCc1nn(C)c2c1[nH]c(=S)n2C1CCS(=O)(=O)C1. The molecule has 2 aromatic rings. The number of aromatic amines is 1. The van der Waals surface area contributed by atoms with Crippen LogP contribution in [0.3, 0.4) is 0 Å². The highest BCUT2D eigenvalue weighted by Gasteiger charge is 2.31. The smallest absolute Gasteiger partial charge is 0.179 e. The zero-order valence-corrected chi connectivity index (χ0v) is 12.5. The molecule has 1 fully saturated rings. The summed E-state index contributed by atoms with van der Waals surface area (Å²) < 4.78 is 27.6. The molecule has 3 rings (SSSR count). The molecular formula is C11H16N4O2S2. The fourth-order valence-corrected chi connectivity index (χ4v) is 4.84. The number of aryl methyl sites for hydroxylation is 2. The van der Waals surface area contributed by atoms with E-state index < -0.39 is 9.84 Å². The average molecular weight is 300 g/mol. The summed E-state index contributed by atoms with van der Waals surface area (Å²) in [5, 5.41) is 4.45. The Labute approximate surface area is 116 Å². The molecule has 0 spiro atoms. The van der Waals surface area contributed by atoms with Crippen molar-refractivity contribution in [2.45, 2.75) is 25.8 Å². The first-order chi connectivity index (χ1) is 8.93. The van der Waals surface area contributed by atoms with E-state index in [0.29, 0.717) is 11.2 Å². The molecule has 104 valence electrons. The van der Waals surface area contributed by atoms with E-state index in [2.05, 4.69) is 10.1 Å². The number of rotatable bonds is 2. The first kappa shape index (κ1) is 12.9. The minimum atomic E-state index is -2.93. The summed E-state index contributed by atoms with van der Waals surface area (Å²) in [5.74, 6) is 0.408. The molecule has 0 saturated carbocycles. The predicted molar refractivity (Wildman–Crippen MR) is 75.6 cm³/mol. The van der Waals surface area contributed by atoms with Crippen LogP contribution in [-0.4, -0.2) is 39.3 Å². The number of fused-ring (bicyclic) bond motifs is 1. The number of nitrogens with one attached hydrogen (secondary N) is 1. The van der Waals surface area contributed by atoms with Gasteiger partial charge in [0.1, 0.15) is 5.52 Å². The summed E-state index contributed by atoms with van der Waals surface area (Å²) in [5.41, 5.74) is 2.78. The molecule has 1 aliphatic rings. The van der Waals surface area contributed by atoms with Crippen LogP contribution in [0.2, 0.25) is 0 Å². The van der Waals surface area contributed by atoms with Crippen molar-refractivity contribution in [1.82, 2.24) is 19.3 Å². The highest BCUT2D eigenvalue weighted by molar-refractivity contribution is 7.91. The molecule has 1 aliphatic heterocycles. The van der Waals surface area contributed by atoms with Crippen molar-refractivity contribution in [1.29, 1.82) is 0 Å². The van der Waals surface area contributed by atoms with Crippen molar-refractivity contribution >= 4 is 33.2 Å². The largest absolute Gasteiger partial charge is 0.328 e. The minimum absolute atomic E-state index is 0.0774. The Morgan fingerprint density at radius 3 is 2.84 bits per heavy atom. The molecular weight excluding hydrogens is 284 g/mol. The quantitative estimate of drug-likeness (QED) is 0.850. The number of H-pyrrole nitrogens is 1. The second-order valence-corrected chi connectivity index (χ2v) is 7.59. The number of nitrogens with zero attached hydrogens (tertiary/aromatic N) is 3. The van der Waals surface area contributed by atoms with Crippen molar-refractivity contribution in [2.75, 3.05) is 11.5 Å². The lowest BCUT2D eigenvalue weighted by atomic mass is 10.2. The van der Waals surface area contributed by atoms with Gasteiger partial charge in [0.05, 0.1) is 23.2 Å². The maximum absolute atomic E-state index is 11.6. The minimum Gasteiger partial charge on any atom is -0.328 e. The van der Waals surface area contributed by atoms with Crippen molar-refractivity contribution in [2.24, 2.45) is 7.05 Å². The van der Waals surface area contributed by atoms with Gasteiger partial charge in [-0.3, -0.25) is 9.25 Å². The molecule has 6 nitrogen and oxygen atoms in total. The van der Waals surface area contributed by atoms with Crippen LogP contribution in [0.5, 0.6) is 0 Å². The summed E-state index contributed by atoms with van der Waals surface area (Å²) in [6.45, 7) is 2.04. The molecule has 3 heterocycles. The molecule has 0 aliphatic carbocycles. The third-order valence-electron chi connectivity index (χ3n) is 3.68. The number of aromatic nitrogens is 4. The van der Waals surface area contributed by atoms with Gasteiger partial charge in [-0.2, -0.15) is 5.10 Å². The number of imidazole rings is 1. The van der Waals surface area contributed by atoms with Crippen LogP contribution in [0.15, 0.2) is 0 Å².